The SMILES string of the molecule is Cc1ccc(-c2c(-c3cccc(-c4nnc(-c5cc(-c6ccccc6)cc(-c6ccccc6)c5)o4)c3)c(-c3cccc(-c4nnc(-c5cc(-c6ccccc6)cc(-c6ccccc6)c5)o4)c3)c(-c3ccc(C)cc3)c3c4cccc5c6c(-c7ccccc7)c(-c7ccccc7)c(-c7ccccc7)c(-c7ccccc7)c6c6cccc(c23)c6c54)cc1. The molecule has 0 saturated heterocycles. The smallest absolute Gasteiger partial charge is 0.248 e. The summed E-state index contributed by atoms with van der Waals surface area (Å²) in [6.07, 6.45) is 0. The van der Waals surface area contributed by atoms with Crippen molar-refractivity contribution in [2.24, 2.45) is 0 Å². The monoisotopic (exact) mass is 1530 g/mol. The van der Waals surface area contributed by atoms with Crippen molar-refractivity contribution in [2.75, 3.05) is 0 Å². The molecule has 562 valence electrons. The number of fused-ring (bicyclic) bond motifs is 6. The van der Waals surface area contributed by atoms with Gasteiger partial charge < -0.3 is 8.83 Å². The van der Waals surface area contributed by atoms with Crippen molar-refractivity contribution in [1.82, 2.24) is 20.4 Å². The van der Waals surface area contributed by atoms with Gasteiger partial charge in [-0.3, -0.25) is 0 Å². The van der Waals surface area contributed by atoms with Gasteiger partial charge >= 0.3 is 0 Å². The van der Waals surface area contributed by atoms with Crippen LogP contribution in [0.3, 0.4) is 0 Å². The number of benzene rings is 20. The van der Waals surface area contributed by atoms with Crippen molar-refractivity contribution in [3.05, 3.63) is 424 Å². The second-order valence-corrected chi connectivity index (χ2v) is 31.2. The van der Waals surface area contributed by atoms with Crippen LogP contribution in [0.4, 0.5) is 0 Å². The number of nitrogens with zero attached hydrogens (tertiary/aromatic N) is 4. The highest BCUT2D eigenvalue weighted by Gasteiger charge is 2.33. The minimum atomic E-state index is 0.388. The Labute approximate surface area is 695 Å². The van der Waals surface area contributed by atoms with Crippen molar-refractivity contribution in [3.63, 3.8) is 0 Å². The van der Waals surface area contributed by atoms with E-state index >= 15 is 0 Å². The van der Waals surface area contributed by atoms with E-state index in [2.05, 4.69) is 402 Å². The van der Waals surface area contributed by atoms with Gasteiger partial charge in [0.15, 0.2) is 0 Å². The Bertz CT molecular complexity index is 7070. The van der Waals surface area contributed by atoms with Crippen molar-refractivity contribution >= 4 is 53.9 Å². The summed E-state index contributed by atoms with van der Waals surface area (Å²) in [6.45, 7) is 4.35. The van der Waals surface area contributed by atoms with Crippen LogP contribution >= 0.6 is 0 Å². The zero-order valence-corrected chi connectivity index (χ0v) is 65.9. The Kier molecular flexibility index (Phi) is 17.6. The molecule has 0 N–H and O–H groups in total. The predicted octanol–water partition coefficient (Wildman–Crippen LogP) is 30.9. The van der Waals surface area contributed by atoms with Crippen LogP contribution in [0.25, 0.3) is 233 Å². The molecule has 0 aliphatic heterocycles. The second kappa shape index (κ2) is 29.8. The normalized spacial score (nSPS) is 11.6. The van der Waals surface area contributed by atoms with Crippen LogP contribution in [0.5, 0.6) is 0 Å². The highest BCUT2D eigenvalue weighted by Crippen LogP contribution is 2.61. The van der Waals surface area contributed by atoms with E-state index in [1.54, 1.807) is 0 Å². The molecular weight excluding hydrogens is 1460 g/mol. The summed E-state index contributed by atoms with van der Waals surface area (Å²) >= 11 is 0. The topological polar surface area (TPSA) is 77.8 Å². The van der Waals surface area contributed by atoms with Gasteiger partial charge in [-0.25, -0.2) is 0 Å². The summed E-state index contributed by atoms with van der Waals surface area (Å²) in [5.41, 5.74) is 31.3. The molecule has 22 rings (SSSR count). The summed E-state index contributed by atoms with van der Waals surface area (Å²) in [7, 11) is 0. The molecule has 22 aromatic rings. The maximum Gasteiger partial charge on any atom is 0.248 e. The predicted molar refractivity (Wildman–Crippen MR) is 497 cm³/mol. The van der Waals surface area contributed by atoms with E-state index < -0.39 is 0 Å². The molecule has 0 radical (unpaired) electrons. The van der Waals surface area contributed by atoms with Crippen LogP contribution < -0.4 is 0 Å². The zero-order valence-electron chi connectivity index (χ0n) is 65.9. The van der Waals surface area contributed by atoms with Crippen LogP contribution in [0.1, 0.15) is 11.1 Å². The zero-order chi connectivity index (χ0) is 79.7. The molecule has 20 aromatic carbocycles. The first-order chi connectivity index (χ1) is 59.3. The van der Waals surface area contributed by atoms with Crippen LogP contribution in [0.15, 0.2) is 421 Å². The molecule has 0 amide bonds. The van der Waals surface area contributed by atoms with E-state index in [1.807, 2.05) is 24.3 Å². The fourth-order valence-electron chi connectivity index (χ4n) is 18.4. The highest BCUT2D eigenvalue weighted by atomic mass is 16.4. The van der Waals surface area contributed by atoms with E-state index in [1.165, 1.54) is 43.8 Å². The number of aryl methyl sites for hydroxylation is 2. The van der Waals surface area contributed by atoms with Gasteiger partial charge in [0, 0.05) is 22.3 Å². The van der Waals surface area contributed by atoms with Gasteiger partial charge in [-0.2, -0.15) is 0 Å². The number of hydrogen-bond acceptors (Lipinski definition) is 6. The third-order valence-electron chi connectivity index (χ3n) is 23.8. The summed E-state index contributed by atoms with van der Waals surface area (Å²) < 4.78 is 14.1. The lowest BCUT2D eigenvalue weighted by atomic mass is 9.73. The van der Waals surface area contributed by atoms with Crippen molar-refractivity contribution in [1.29, 1.82) is 0 Å². The Hall–Kier alpha value is -15.8. The van der Waals surface area contributed by atoms with Crippen molar-refractivity contribution < 1.29 is 8.83 Å². The number of aromatic nitrogens is 4. The number of hydrogen-bond donors (Lipinski definition) is 0. The molecule has 0 atom stereocenters. The Morgan fingerprint density at radius 1 is 0.142 bits per heavy atom. The van der Waals surface area contributed by atoms with Crippen LogP contribution in [-0.4, -0.2) is 20.4 Å². The van der Waals surface area contributed by atoms with E-state index in [0.29, 0.717) is 23.6 Å². The molecule has 0 aliphatic rings. The quantitative estimate of drug-likeness (QED) is 0.0709. The van der Waals surface area contributed by atoms with Gasteiger partial charge in [0.2, 0.25) is 23.6 Å². The molecular formula is C114H74N4O2. The summed E-state index contributed by atoms with van der Waals surface area (Å²) in [5, 5.41) is 31.4. The average molecular weight is 1530 g/mol. The molecule has 2 heterocycles. The summed E-state index contributed by atoms with van der Waals surface area (Å²) in [4.78, 5) is 0. The molecule has 0 aliphatic carbocycles. The standard InChI is InChI=1S/C114H74N4O2/c1-71-55-59-81(60-56-71)101-103(83-47-27-49-85(63-83)111-115-117-113(119-111)91-67-87(73-31-11-3-12-32-73)65-88(68-91)74-33-13-4-14-34-74)104(84-48-28-50-86(64-84)112-116-118-114(120-112)92-69-89(75-35-15-5-16-36-75)66-90(70-92)76-37-17-6-18-38-76)102(82-61-57-72(2)58-62-82)110-96-54-30-52-94-106(96)105-93(51-29-53-95(105)109(101)110)107-99(79-43-23-9-24-44-79)97(77-39-19-7-20-40-77)98(78-41-21-8-22-42-78)100(108(94)107)80-45-25-10-26-46-80/h3-70H,1-2H3. The van der Waals surface area contributed by atoms with Crippen LogP contribution in [0.2, 0.25) is 0 Å². The molecule has 2 aromatic heterocycles. The minimum absolute atomic E-state index is 0.388. The molecule has 120 heavy (non-hydrogen) atoms. The molecule has 0 saturated carbocycles. The molecule has 6 heteroatoms. The van der Waals surface area contributed by atoms with Gasteiger partial charge in [-0.15, -0.1) is 20.4 Å². The lowest BCUT2D eigenvalue weighted by molar-refractivity contribution is 0.584. The van der Waals surface area contributed by atoms with Crippen LogP contribution in [-0.2, 0) is 0 Å². The van der Waals surface area contributed by atoms with Gasteiger partial charge in [0.05, 0.1) is 0 Å². The Morgan fingerprint density at radius 2 is 0.333 bits per heavy atom. The van der Waals surface area contributed by atoms with Crippen molar-refractivity contribution in [3.8, 4) is 179 Å². The average Bonchev–Trinajstić information content (AvgIpc) is 0.699. The Morgan fingerprint density at radius 3 is 0.608 bits per heavy atom. The molecule has 0 bridgehead atoms. The van der Waals surface area contributed by atoms with Gasteiger partial charge in [0.1, 0.15) is 0 Å². The van der Waals surface area contributed by atoms with Gasteiger partial charge in [0.25, 0.3) is 0 Å². The largest absolute Gasteiger partial charge is 0.416 e. The van der Waals surface area contributed by atoms with Crippen LogP contribution in [0, 0.1) is 13.8 Å². The van der Waals surface area contributed by atoms with E-state index in [0.717, 1.165) is 177 Å². The third-order valence-corrected chi connectivity index (χ3v) is 23.8. The first kappa shape index (κ1) is 70.8. The molecule has 0 fully saturated rings. The lowest BCUT2D eigenvalue weighted by Crippen LogP contribution is -2.02. The maximum absolute atomic E-state index is 7.07. The molecule has 0 spiro atoms. The fourth-order valence-corrected chi connectivity index (χ4v) is 18.4. The van der Waals surface area contributed by atoms with E-state index in [9.17, 15) is 0 Å². The fraction of sp³-hybridized carbons (Fsp3) is 0.0175. The third kappa shape index (κ3) is 12.4. The molecule has 6 nitrogen and oxygen atoms in total. The lowest BCUT2D eigenvalue weighted by Gasteiger charge is -2.29. The number of rotatable bonds is 16. The van der Waals surface area contributed by atoms with E-state index in [4.69, 9.17) is 29.2 Å². The maximum atomic E-state index is 7.07. The van der Waals surface area contributed by atoms with Gasteiger partial charge in [-0.05, 0) is 262 Å². The highest BCUT2D eigenvalue weighted by molar-refractivity contribution is 6.46. The first-order valence-electron chi connectivity index (χ1n) is 40.9. The van der Waals surface area contributed by atoms with Gasteiger partial charge in [-0.1, -0.05) is 363 Å². The molecule has 0 unspecified atom stereocenters. The second-order valence-electron chi connectivity index (χ2n) is 31.2. The summed E-state index contributed by atoms with van der Waals surface area (Å²) in [6, 6.07) is 150. The first-order valence-corrected chi connectivity index (χ1v) is 40.9. The Balaban J connectivity index is 0.873. The summed E-state index contributed by atoms with van der Waals surface area (Å²) in [5.74, 6) is 1.60. The minimum Gasteiger partial charge on any atom is -0.416 e. The van der Waals surface area contributed by atoms with Crippen molar-refractivity contribution in [2.45, 2.75) is 13.8 Å². The van der Waals surface area contributed by atoms with E-state index in [-0.39, 0.29) is 0 Å².